The SMILES string of the molecule is CC(NCCCC1CCCC1)c1ccc(C(F)(F)F)cc1. The molecule has 4 heteroatoms. The summed E-state index contributed by atoms with van der Waals surface area (Å²) in [7, 11) is 0. The van der Waals surface area contributed by atoms with Crippen molar-refractivity contribution in [3.05, 3.63) is 35.4 Å². The van der Waals surface area contributed by atoms with Gasteiger partial charge in [0.1, 0.15) is 0 Å². The first-order chi connectivity index (χ1) is 9.97. The van der Waals surface area contributed by atoms with Gasteiger partial charge in [0.2, 0.25) is 0 Å². The molecule has 1 nitrogen and oxygen atoms in total. The third kappa shape index (κ3) is 5.03. The summed E-state index contributed by atoms with van der Waals surface area (Å²) in [5, 5.41) is 3.40. The fourth-order valence-corrected chi connectivity index (χ4v) is 3.09. The lowest BCUT2D eigenvalue weighted by Gasteiger charge is -2.16. The molecule has 21 heavy (non-hydrogen) atoms. The van der Waals surface area contributed by atoms with E-state index in [1.165, 1.54) is 32.1 Å². The molecule has 0 amide bonds. The van der Waals surface area contributed by atoms with Gasteiger partial charge in [-0.2, -0.15) is 13.2 Å². The minimum absolute atomic E-state index is 0.0934. The number of rotatable bonds is 6. The summed E-state index contributed by atoms with van der Waals surface area (Å²) < 4.78 is 37.5. The van der Waals surface area contributed by atoms with E-state index < -0.39 is 11.7 Å². The zero-order valence-electron chi connectivity index (χ0n) is 12.5. The summed E-state index contributed by atoms with van der Waals surface area (Å²) in [4.78, 5) is 0. The van der Waals surface area contributed by atoms with Gasteiger partial charge >= 0.3 is 6.18 Å². The Morgan fingerprint density at radius 1 is 1.14 bits per heavy atom. The minimum atomic E-state index is -4.25. The molecular formula is C17H24F3N. The van der Waals surface area contributed by atoms with Crippen LogP contribution in [-0.2, 0) is 6.18 Å². The molecule has 0 bridgehead atoms. The second kappa shape index (κ2) is 7.30. The van der Waals surface area contributed by atoms with Crippen molar-refractivity contribution in [3.63, 3.8) is 0 Å². The molecule has 1 aliphatic carbocycles. The summed E-state index contributed by atoms with van der Waals surface area (Å²) in [5.74, 6) is 0.896. The van der Waals surface area contributed by atoms with Crippen molar-refractivity contribution < 1.29 is 13.2 Å². The van der Waals surface area contributed by atoms with Crippen molar-refractivity contribution in [3.8, 4) is 0 Å². The van der Waals surface area contributed by atoms with E-state index in [0.29, 0.717) is 0 Å². The molecule has 0 aliphatic heterocycles. The quantitative estimate of drug-likeness (QED) is 0.700. The number of benzene rings is 1. The maximum absolute atomic E-state index is 12.5. The Hall–Kier alpha value is -1.03. The summed E-state index contributed by atoms with van der Waals surface area (Å²) in [5.41, 5.74) is 0.323. The third-order valence-electron chi connectivity index (χ3n) is 4.45. The molecule has 0 radical (unpaired) electrons. The average Bonchev–Trinajstić information content (AvgIpc) is 2.96. The van der Waals surface area contributed by atoms with Crippen LogP contribution in [0.15, 0.2) is 24.3 Å². The molecule has 1 aliphatic rings. The van der Waals surface area contributed by atoms with Crippen LogP contribution < -0.4 is 5.32 Å². The third-order valence-corrected chi connectivity index (χ3v) is 4.45. The Labute approximate surface area is 124 Å². The Bertz CT molecular complexity index is 419. The van der Waals surface area contributed by atoms with E-state index in [4.69, 9.17) is 0 Å². The van der Waals surface area contributed by atoms with E-state index in [2.05, 4.69) is 5.32 Å². The van der Waals surface area contributed by atoms with E-state index in [9.17, 15) is 13.2 Å². The van der Waals surface area contributed by atoms with Gasteiger partial charge in [-0.3, -0.25) is 0 Å². The van der Waals surface area contributed by atoms with E-state index in [1.54, 1.807) is 12.1 Å². The van der Waals surface area contributed by atoms with E-state index in [1.807, 2.05) is 6.92 Å². The standard InChI is InChI=1S/C17H24F3N/c1-13(21-12-4-7-14-5-2-3-6-14)15-8-10-16(11-9-15)17(18,19)20/h8-11,13-14,21H,2-7,12H2,1H3. The molecule has 1 saturated carbocycles. The van der Waals surface area contributed by atoms with Gasteiger partial charge in [0.25, 0.3) is 0 Å². The average molecular weight is 299 g/mol. The monoisotopic (exact) mass is 299 g/mol. The topological polar surface area (TPSA) is 12.0 Å². The smallest absolute Gasteiger partial charge is 0.310 e. The highest BCUT2D eigenvalue weighted by Gasteiger charge is 2.30. The zero-order chi connectivity index (χ0) is 15.3. The number of alkyl halides is 3. The van der Waals surface area contributed by atoms with Gasteiger partial charge in [-0.15, -0.1) is 0 Å². The predicted octanol–water partition coefficient (Wildman–Crippen LogP) is 5.33. The highest BCUT2D eigenvalue weighted by molar-refractivity contribution is 5.26. The van der Waals surface area contributed by atoms with Crippen LogP contribution in [0.5, 0.6) is 0 Å². The van der Waals surface area contributed by atoms with Crippen LogP contribution in [0.4, 0.5) is 13.2 Å². The van der Waals surface area contributed by atoms with Crippen molar-refractivity contribution in [2.45, 2.75) is 57.7 Å². The van der Waals surface area contributed by atoms with Gasteiger partial charge in [-0.25, -0.2) is 0 Å². The molecule has 1 aromatic carbocycles. The van der Waals surface area contributed by atoms with Gasteiger partial charge in [-0.05, 0) is 49.9 Å². The van der Waals surface area contributed by atoms with E-state index in [0.717, 1.165) is 36.6 Å². The first kappa shape index (κ1) is 16.3. The Kier molecular flexibility index (Phi) is 5.68. The Morgan fingerprint density at radius 2 is 1.76 bits per heavy atom. The lowest BCUT2D eigenvalue weighted by atomic mass is 10.0. The van der Waals surface area contributed by atoms with Crippen LogP contribution in [-0.4, -0.2) is 6.54 Å². The fraction of sp³-hybridized carbons (Fsp3) is 0.647. The number of halogens is 3. The van der Waals surface area contributed by atoms with E-state index >= 15 is 0 Å². The summed E-state index contributed by atoms with van der Waals surface area (Å²) >= 11 is 0. The maximum Gasteiger partial charge on any atom is 0.416 e. The molecule has 2 rings (SSSR count). The van der Waals surface area contributed by atoms with Crippen LogP contribution in [0.2, 0.25) is 0 Å². The molecule has 0 spiro atoms. The molecular weight excluding hydrogens is 275 g/mol. The molecule has 1 unspecified atom stereocenters. The van der Waals surface area contributed by atoms with Crippen molar-refractivity contribution in [1.29, 1.82) is 0 Å². The Morgan fingerprint density at radius 3 is 2.33 bits per heavy atom. The van der Waals surface area contributed by atoms with Crippen LogP contribution in [0.3, 0.4) is 0 Å². The van der Waals surface area contributed by atoms with Crippen LogP contribution in [0, 0.1) is 5.92 Å². The van der Waals surface area contributed by atoms with Gasteiger partial charge in [0.15, 0.2) is 0 Å². The summed E-state index contributed by atoms with van der Waals surface area (Å²) in [6.07, 6.45) is 3.65. The largest absolute Gasteiger partial charge is 0.416 e. The molecule has 1 N–H and O–H groups in total. The van der Waals surface area contributed by atoms with Gasteiger partial charge in [0, 0.05) is 6.04 Å². The van der Waals surface area contributed by atoms with Crippen LogP contribution in [0.25, 0.3) is 0 Å². The zero-order valence-corrected chi connectivity index (χ0v) is 12.5. The molecule has 1 atom stereocenters. The van der Waals surface area contributed by atoms with Crippen molar-refractivity contribution >= 4 is 0 Å². The van der Waals surface area contributed by atoms with Crippen molar-refractivity contribution in [2.24, 2.45) is 5.92 Å². The van der Waals surface area contributed by atoms with Gasteiger partial charge in [-0.1, -0.05) is 37.8 Å². The lowest BCUT2D eigenvalue weighted by Crippen LogP contribution is -2.20. The number of hydrogen-bond acceptors (Lipinski definition) is 1. The molecule has 0 aromatic heterocycles. The second-order valence-electron chi connectivity index (χ2n) is 6.09. The minimum Gasteiger partial charge on any atom is -0.310 e. The van der Waals surface area contributed by atoms with Crippen molar-refractivity contribution in [2.75, 3.05) is 6.54 Å². The summed E-state index contributed by atoms with van der Waals surface area (Å²) in [6.45, 7) is 2.93. The second-order valence-corrected chi connectivity index (χ2v) is 6.09. The maximum atomic E-state index is 12.5. The molecule has 1 aromatic rings. The molecule has 118 valence electrons. The van der Waals surface area contributed by atoms with Crippen LogP contribution >= 0.6 is 0 Å². The first-order valence-corrected chi connectivity index (χ1v) is 7.87. The molecule has 0 saturated heterocycles. The predicted molar refractivity (Wildman–Crippen MR) is 79.1 cm³/mol. The number of nitrogens with one attached hydrogen (secondary N) is 1. The van der Waals surface area contributed by atoms with Gasteiger partial charge < -0.3 is 5.32 Å². The Balaban J connectivity index is 1.73. The van der Waals surface area contributed by atoms with Crippen molar-refractivity contribution in [1.82, 2.24) is 5.32 Å². The first-order valence-electron chi connectivity index (χ1n) is 7.87. The molecule has 1 fully saturated rings. The lowest BCUT2D eigenvalue weighted by molar-refractivity contribution is -0.137. The number of hydrogen-bond donors (Lipinski definition) is 1. The normalized spacial score (nSPS) is 18.1. The highest BCUT2D eigenvalue weighted by atomic mass is 19.4. The highest BCUT2D eigenvalue weighted by Crippen LogP contribution is 2.30. The van der Waals surface area contributed by atoms with Crippen LogP contribution in [0.1, 0.15) is 62.6 Å². The molecule has 0 heterocycles. The fourth-order valence-electron chi connectivity index (χ4n) is 3.09. The summed E-state index contributed by atoms with van der Waals surface area (Å²) in [6, 6.07) is 5.54. The van der Waals surface area contributed by atoms with Gasteiger partial charge in [0.05, 0.1) is 5.56 Å². The van der Waals surface area contributed by atoms with E-state index in [-0.39, 0.29) is 6.04 Å².